The highest BCUT2D eigenvalue weighted by Crippen LogP contribution is 2.28. The number of rotatable bonds is 0. The molecule has 0 saturated heterocycles. The van der Waals surface area contributed by atoms with E-state index in [1.807, 2.05) is 0 Å². The van der Waals surface area contributed by atoms with E-state index in [4.69, 9.17) is 11.2 Å². The number of nitrogen functional groups attached to an aromatic ring is 1. The number of anilines is 1. The van der Waals surface area contributed by atoms with Crippen molar-refractivity contribution in [2.24, 2.45) is 0 Å². The molecular formula is C6H6Br2N2. The lowest BCUT2D eigenvalue weighted by atomic mass is 10.3. The average Bonchev–Trinajstić information content (AvgIpc) is 2.06. The molecule has 0 aliphatic carbocycles. The van der Waals surface area contributed by atoms with Crippen molar-refractivity contribution in [2.45, 2.75) is 6.85 Å². The van der Waals surface area contributed by atoms with E-state index in [1.54, 1.807) is 0 Å². The van der Waals surface area contributed by atoms with Gasteiger partial charge >= 0.3 is 0 Å². The zero-order valence-electron chi connectivity index (χ0n) is 8.78. The van der Waals surface area contributed by atoms with Crippen molar-refractivity contribution >= 4 is 37.5 Å². The smallest absolute Gasteiger partial charge is 0.0853 e. The van der Waals surface area contributed by atoms with Gasteiger partial charge in [-0.25, -0.2) is 0 Å². The lowest BCUT2D eigenvalue weighted by Gasteiger charge is -2.02. The Kier molecular flexibility index (Phi) is 1.17. The molecule has 0 atom stereocenters. The summed E-state index contributed by atoms with van der Waals surface area (Å²) >= 11 is 6.08. The number of pyridine rings is 1. The molecule has 1 aromatic heterocycles. The second kappa shape index (κ2) is 2.88. The summed E-state index contributed by atoms with van der Waals surface area (Å²) in [6.07, 6.45) is -0.183. The van der Waals surface area contributed by atoms with Crippen LogP contribution in [0.4, 0.5) is 5.69 Å². The molecular weight excluding hydrogens is 260 g/mol. The van der Waals surface area contributed by atoms with Crippen molar-refractivity contribution in [2.75, 3.05) is 5.73 Å². The highest BCUT2D eigenvalue weighted by Gasteiger charge is 2.03. The Hall–Kier alpha value is -0.0900. The molecule has 4 heteroatoms. The minimum Gasteiger partial charge on any atom is -0.397 e. The van der Waals surface area contributed by atoms with E-state index in [0.717, 1.165) is 0 Å². The van der Waals surface area contributed by atoms with Crippen LogP contribution in [0.5, 0.6) is 0 Å². The van der Waals surface area contributed by atoms with E-state index in [2.05, 4.69) is 36.8 Å². The summed E-state index contributed by atoms with van der Waals surface area (Å²) in [7, 11) is 0. The van der Waals surface area contributed by atoms with Gasteiger partial charge in [-0.05, 0) is 38.7 Å². The van der Waals surface area contributed by atoms with Crippen LogP contribution in [0, 0.1) is 6.85 Å². The second-order valence-electron chi connectivity index (χ2n) is 1.61. The summed E-state index contributed by atoms with van der Waals surface area (Å²) in [6.45, 7) is -2.37. The Morgan fingerprint density at radius 2 is 2.50 bits per heavy atom. The third kappa shape index (κ3) is 1.32. The van der Waals surface area contributed by atoms with Gasteiger partial charge in [0.25, 0.3) is 0 Å². The molecule has 54 valence electrons. The van der Waals surface area contributed by atoms with Crippen LogP contribution in [0.3, 0.4) is 0 Å². The summed E-state index contributed by atoms with van der Waals surface area (Å²) in [5.74, 6) is 0. The Morgan fingerprint density at radius 3 is 3.10 bits per heavy atom. The number of nitrogens with two attached hydrogens (primary N) is 1. The quantitative estimate of drug-likeness (QED) is 0.786. The van der Waals surface area contributed by atoms with Gasteiger partial charge in [0.2, 0.25) is 0 Å². The predicted octanol–water partition coefficient (Wildman–Crippen LogP) is 2.50. The van der Waals surface area contributed by atoms with E-state index in [0.29, 0.717) is 0 Å². The van der Waals surface area contributed by atoms with E-state index >= 15 is 0 Å². The van der Waals surface area contributed by atoms with Gasteiger partial charge in [0.1, 0.15) is 0 Å². The maximum Gasteiger partial charge on any atom is 0.0853 e. The Bertz CT molecular complexity index is 377. The first-order valence-electron chi connectivity index (χ1n) is 4.36. The third-order valence-corrected chi connectivity index (χ3v) is 2.35. The van der Waals surface area contributed by atoms with Crippen molar-refractivity contribution in [1.82, 2.24) is 4.98 Å². The normalized spacial score (nSPS) is 17.0. The van der Waals surface area contributed by atoms with Crippen molar-refractivity contribution in [3.63, 3.8) is 0 Å². The molecule has 0 fully saturated rings. The van der Waals surface area contributed by atoms with Crippen LogP contribution in [0.25, 0.3) is 0 Å². The molecule has 0 bridgehead atoms. The monoisotopic (exact) mass is 268 g/mol. The molecule has 0 aliphatic heterocycles. The molecule has 1 aromatic rings. The van der Waals surface area contributed by atoms with Crippen LogP contribution in [-0.2, 0) is 0 Å². The summed E-state index contributed by atoms with van der Waals surface area (Å²) in [6, 6.07) is 0. The van der Waals surface area contributed by atoms with Crippen LogP contribution >= 0.6 is 31.9 Å². The number of nitrogens with zero attached hydrogens (tertiary/aromatic N) is 1. The number of hydrogen-bond donors (Lipinski definition) is 1. The molecule has 0 aromatic carbocycles. The molecule has 0 radical (unpaired) electrons. The SMILES string of the molecule is [2H]c1nc(C([2H])([2H])[2H])c(Br)c(N)c1Br. The van der Waals surface area contributed by atoms with Crippen LogP contribution in [0.2, 0.25) is 0 Å². The summed E-state index contributed by atoms with van der Waals surface area (Å²) < 4.78 is 29.4. The van der Waals surface area contributed by atoms with Gasteiger partial charge in [0.15, 0.2) is 0 Å². The summed E-state index contributed by atoms with van der Waals surface area (Å²) in [5, 5.41) is 0. The molecule has 0 spiro atoms. The topological polar surface area (TPSA) is 38.9 Å². The fourth-order valence-electron chi connectivity index (χ4n) is 0.438. The average molecular weight is 270 g/mol. The lowest BCUT2D eigenvalue weighted by Crippen LogP contribution is -1.92. The Labute approximate surface area is 81.7 Å². The predicted molar refractivity (Wildman–Crippen MR) is 48.8 cm³/mol. The van der Waals surface area contributed by atoms with E-state index in [-0.39, 0.29) is 26.5 Å². The molecule has 2 N–H and O–H groups in total. The fraction of sp³-hybridized carbons (Fsp3) is 0.167. The van der Waals surface area contributed by atoms with Gasteiger partial charge in [0, 0.05) is 10.3 Å². The van der Waals surface area contributed by atoms with Gasteiger partial charge in [-0.2, -0.15) is 0 Å². The van der Waals surface area contributed by atoms with Gasteiger partial charge in [-0.1, -0.05) is 0 Å². The van der Waals surface area contributed by atoms with E-state index < -0.39 is 6.85 Å². The number of halogens is 2. The molecule has 10 heavy (non-hydrogen) atoms. The van der Waals surface area contributed by atoms with Crippen LogP contribution < -0.4 is 5.73 Å². The van der Waals surface area contributed by atoms with Gasteiger partial charge < -0.3 is 5.73 Å². The lowest BCUT2D eigenvalue weighted by molar-refractivity contribution is 1.17. The van der Waals surface area contributed by atoms with Crippen molar-refractivity contribution in [3.05, 3.63) is 20.8 Å². The highest BCUT2D eigenvalue weighted by molar-refractivity contribution is 9.11. The van der Waals surface area contributed by atoms with Gasteiger partial charge in [-0.3, -0.25) is 4.98 Å². The van der Waals surface area contributed by atoms with Crippen molar-refractivity contribution in [1.29, 1.82) is 0 Å². The first-order chi connectivity index (χ1) is 6.25. The molecule has 2 nitrogen and oxygen atoms in total. The van der Waals surface area contributed by atoms with Crippen LogP contribution in [0.1, 0.15) is 11.2 Å². The maximum atomic E-state index is 7.37. The Balaban J connectivity index is 3.49. The number of aromatic nitrogens is 1. The van der Waals surface area contributed by atoms with Gasteiger partial charge in [-0.15, -0.1) is 0 Å². The number of aryl methyl sites for hydroxylation is 1. The molecule has 0 unspecified atom stereocenters. The maximum absolute atomic E-state index is 7.37. The summed E-state index contributed by atoms with van der Waals surface area (Å²) in [4.78, 5) is 3.63. The van der Waals surface area contributed by atoms with Gasteiger partial charge in [0.05, 0.1) is 21.7 Å². The number of hydrogen-bond acceptors (Lipinski definition) is 2. The van der Waals surface area contributed by atoms with Crippen molar-refractivity contribution < 1.29 is 5.48 Å². The zero-order chi connectivity index (χ0) is 11.1. The third-order valence-electron chi connectivity index (χ3n) is 0.947. The second-order valence-corrected chi connectivity index (χ2v) is 3.20. The van der Waals surface area contributed by atoms with E-state index in [1.165, 1.54) is 0 Å². The molecule has 1 heterocycles. The largest absolute Gasteiger partial charge is 0.397 e. The van der Waals surface area contributed by atoms with E-state index in [9.17, 15) is 0 Å². The molecule has 0 saturated carbocycles. The standard InChI is InChI=1S/C6H6Br2N2/c1-3-5(8)6(9)4(7)2-10-3/h2H,1H3,(H2,9,10)/i1D3,2D. The minimum absolute atomic E-state index is 0.177. The molecule has 0 aliphatic rings. The summed E-state index contributed by atoms with van der Waals surface area (Å²) in [5.41, 5.74) is 5.56. The highest BCUT2D eigenvalue weighted by atomic mass is 79.9. The Morgan fingerprint density at radius 1 is 1.80 bits per heavy atom. The minimum atomic E-state index is -2.37. The van der Waals surface area contributed by atoms with Crippen LogP contribution in [0.15, 0.2) is 15.1 Å². The van der Waals surface area contributed by atoms with Crippen molar-refractivity contribution in [3.8, 4) is 0 Å². The fourth-order valence-corrected chi connectivity index (χ4v) is 1.28. The molecule has 0 amide bonds. The zero-order valence-corrected chi connectivity index (χ0v) is 7.95. The van der Waals surface area contributed by atoms with Crippen LogP contribution in [-0.4, -0.2) is 4.98 Å². The molecule has 1 rings (SSSR count). The first kappa shape index (κ1) is 4.07. The first-order valence-corrected chi connectivity index (χ1v) is 3.95.